The van der Waals surface area contributed by atoms with Gasteiger partial charge in [0.15, 0.2) is 6.10 Å². The van der Waals surface area contributed by atoms with E-state index < -0.39 is 23.6 Å². The maximum Gasteiger partial charge on any atom is 0.332 e. The van der Waals surface area contributed by atoms with Crippen molar-refractivity contribution in [1.29, 1.82) is 0 Å². The number of anilines is 1. The van der Waals surface area contributed by atoms with Gasteiger partial charge < -0.3 is 30.5 Å². The number of phenols is 1. The Morgan fingerprint density at radius 1 is 1.20 bits per heavy atom. The molecular weight excluding hydrogens is 390 g/mol. The van der Waals surface area contributed by atoms with E-state index in [0.29, 0.717) is 13.0 Å². The topological polar surface area (TPSA) is 139 Å². The number of hydrogen-bond donors (Lipinski definition) is 4. The molecule has 2 unspecified atom stereocenters. The number of carboxylic acid groups (broad SMARTS) is 1. The summed E-state index contributed by atoms with van der Waals surface area (Å²) in [5.41, 5.74) is 6.05. The number of aliphatic hydroxyl groups is 1. The number of phenolic OH excluding ortho intramolecular Hbond substituents is 1. The fraction of sp³-hybridized carbons (Fsp3) is 0.636. The maximum atomic E-state index is 11.5. The normalized spacial score (nSPS) is 17.6. The molecule has 1 heterocycles. The predicted molar refractivity (Wildman–Crippen MR) is 117 cm³/mol. The van der Waals surface area contributed by atoms with E-state index >= 15 is 0 Å². The fourth-order valence-corrected chi connectivity index (χ4v) is 2.01. The van der Waals surface area contributed by atoms with Gasteiger partial charge in [0.2, 0.25) is 0 Å². The first-order valence-electron chi connectivity index (χ1n) is 10.3. The highest BCUT2D eigenvalue weighted by Gasteiger charge is 2.26. The van der Waals surface area contributed by atoms with Crippen molar-refractivity contribution in [1.82, 2.24) is 0 Å². The van der Waals surface area contributed by atoms with E-state index in [2.05, 4.69) is 0 Å². The third-order valence-corrected chi connectivity index (χ3v) is 3.61. The molecule has 1 aromatic carbocycles. The van der Waals surface area contributed by atoms with Gasteiger partial charge in [-0.1, -0.05) is 33.8 Å². The molecule has 0 saturated carbocycles. The van der Waals surface area contributed by atoms with E-state index in [-0.39, 0.29) is 30.4 Å². The first-order chi connectivity index (χ1) is 14.0. The summed E-state index contributed by atoms with van der Waals surface area (Å²) in [7, 11) is 0. The summed E-state index contributed by atoms with van der Waals surface area (Å²) < 4.78 is 9.96. The Bertz CT molecular complexity index is 626. The molecule has 0 aliphatic carbocycles. The van der Waals surface area contributed by atoms with Crippen LogP contribution in [-0.4, -0.2) is 46.1 Å². The molecule has 1 aliphatic rings. The zero-order chi connectivity index (χ0) is 23.9. The lowest BCUT2D eigenvalue weighted by molar-refractivity contribution is -0.157. The number of rotatable bonds is 3. The van der Waals surface area contributed by atoms with Gasteiger partial charge in [-0.2, -0.15) is 0 Å². The Hall–Kier alpha value is -2.32. The number of carbonyl (C=O) groups excluding carboxylic acids is 1. The third-order valence-electron chi connectivity index (χ3n) is 3.61. The van der Waals surface area contributed by atoms with Gasteiger partial charge in [0.1, 0.15) is 12.4 Å². The number of aliphatic carboxylic acids is 1. The van der Waals surface area contributed by atoms with E-state index in [9.17, 15) is 14.7 Å². The van der Waals surface area contributed by atoms with Crippen LogP contribution in [-0.2, 0) is 25.7 Å². The van der Waals surface area contributed by atoms with Crippen LogP contribution in [0.5, 0.6) is 5.75 Å². The molecule has 174 valence electrons. The summed E-state index contributed by atoms with van der Waals surface area (Å²) >= 11 is 0. The highest BCUT2D eigenvalue weighted by Crippen LogP contribution is 2.22. The Morgan fingerprint density at radius 3 is 2.17 bits per heavy atom. The number of aliphatic hydroxyl groups excluding tert-OH is 1. The second-order valence-corrected chi connectivity index (χ2v) is 7.10. The van der Waals surface area contributed by atoms with Gasteiger partial charge in [-0.05, 0) is 44.9 Å². The lowest BCUT2D eigenvalue weighted by Gasteiger charge is -2.22. The fourth-order valence-electron chi connectivity index (χ4n) is 2.01. The minimum atomic E-state index is -0.987. The van der Waals surface area contributed by atoms with Gasteiger partial charge in [0.25, 0.3) is 0 Å². The monoisotopic (exact) mass is 429 g/mol. The molecule has 1 aliphatic heterocycles. The standard InChI is InChI=1S/C12H17NO3.C6H10O4.2C2H6/c1-12(2,3)11(15)16-7-8-4-5-10(14)9(13)6-8;7-4-1-2-10-5(3-4)6(8)9;2*1-2/h4-6,14H,7,13H2,1-3H3;4-5,7H,1-3H2,(H,8,9);2*1-2H3. The number of aromatic hydroxyl groups is 1. The van der Waals surface area contributed by atoms with Gasteiger partial charge in [0.05, 0.1) is 23.8 Å². The summed E-state index contributed by atoms with van der Waals surface area (Å²) in [6, 6.07) is 4.74. The van der Waals surface area contributed by atoms with Crippen LogP contribution in [0.2, 0.25) is 0 Å². The van der Waals surface area contributed by atoms with Gasteiger partial charge in [-0.15, -0.1) is 0 Å². The van der Waals surface area contributed by atoms with E-state index in [1.165, 1.54) is 6.07 Å². The molecule has 0 radical (unpaired) electrons. The molecule has 1 fully saturated rings. The van der Waals surface area contributed by atoms with Crippen LogP contribution in [0.3, 0.4) is 0 Å². The van der Waals surface area contributed by atoms with Gasteiger partial charge in [0, 0.05) is 6.42 Å². The van der Waals surface area contributed by atoms with Gasteiger partial charge in [-0.3, -0.25) is 4.79 Å². The molecule has 1 saturated heterocycles. The first-order valence-corrected chi connectivity index (χ1v) is 10.3. The minimum absolute atomic E-state index is 0.0332. The van der Waals surface area contributed by atoms with Crippen molar-refractivity contribution in [2.45, 2.75) is 80.1 Å². The maximum absolute atomic E-state index is 11.5. The number of benzene rings is 1. The number of nitrogens with two attached hydrogens (primary N) is 1. The van der Waals surface area contributed by atoms with Crippen LogP contribution in [0, 0.1) is 5.41 Å². The largest absolute Gasteiger partial charge is 0.506 e. The van der Waals surface area contributed by atoms with Gasteiger partial charge in [-0.25, -0.2) is 4.79 Å². The molecule has 30 heavy (non-hydrogen) atoms. The molecule has 1 aromatic rings. The SMILES string of the molecule is CC.CC.CC(C)(C)C(=O)OCc1ccc(O)c(N)c1.O=C(O)C1CC(O)CCO1. The van der Waals surface area contributed by atoms with Crippen molar-refractivity contribution in [3.8, 4) is 5.75 Å². The van der Waals surface area contributed by atoms with Crippen LogP contribution in [0.15, 0.2) is 18.2 Å². The second kappa shape index (κ2) is 15.5. The van der Waals surface area contributed by atoms with Crippen molar-refractivity contribution >= 4 is 17.6 Å². The summed E-state index contributed by atoms with van der Waals surface area (Å²) in [6.07, 6.45) is -0.544. The van der Waals surface area contributed by atoms with E-state index in [4.69, 9.17) is 25.4 Å². The lowest BCUT2D eigenvalue weighted by Crippen LogP contribution is -2.34. The Morgan fingerprint density at radius 2 is 1.77 bits per heavy atom. The Balaban J connectivity index is 0. The molecule has 2 atom stereocenters. The number of carbonyl (C=O) groups is 2. The quantitative estimate of drug-likeness (QED) is 0.324. The first kappa shape index (κ1) is 29.9. The number of nitrogen functional groups attached to an aromatic ring is 1. The highest BCUT2D eigenvalue weighted by atomic mass is 16.5. The average molecular weight is 430 g/mol. The summed E-state index contributed by atoms with van der Waals surface area (Å²) in [6.45, 7) is 13.9. The lowest BCUT2D eigenvalue weighted by atomic mass is 9.97. The predicted octanol–water partition coefficient (Wildman–Crippen LogP) is 3.73. The number of ether oxygens (including phenoxy) is 2. The van der Waals surface area contributed by atoms with Crippen molar-refractivity contribution in [3.63, 3.8) is 0 Å². The molecule has 5 N–H and O–H groups in total. The molecule has 0 aromatic heterocycles. The van der Waals surface area contributed by atoms with Crippen LogP contribution in [0.1, 0.15) is 66.9 Å². The minimum Gasteiger partial charge on any atom is -0.506 e. The average Bonchev–Trinajstić information content (AvgIpc) is 2.71. The summed E-state index contributed by atoms with van der Waals surface area (Å²) in [5, 5.41) is 26.6. The number of esters is 1. The Kier molecular flexibility index (Phi) is 15.4. The van der Waals surface area contributed by atoms with Crippen LogP contribution >= 0.6 is 0 Å². The van der Waals surface area contributed by atoms with E-state index in [0.717, 1.165) is 5.56 Å². The summed E-state index contributed by atoms with van der Waals surface area (Å²) in [4.78, 5) is 21.8. The van der Waals surface area contributed by atoms with Crippen LogP contribution in [0.25, 0.3) is 0 Å². The molecule has 8 nitrogen and oxygen atoms in total. The van der Waals surface area contributed by atoms with Gasteiger partial charge >= 0.3 is 11.9 Å². The zero-order valence-electron chi connectivity index (χ0n) is 19.3. The van der Waals surface area contributed by atoms with E-state index in [1.807, 2.05) is 27.7 Å². The highest BCUT2D eigenvalue weighted by molar-refractivity contribution is 5.75. The molecule has 0 bridgehead atoms. The molecule has 2 rings (SSSR count). The van der Waals surface area contributed by atoms with Crippen LogP contribution in [0.4, 0.5) is 5.69 Å². The van der Waals surface area contributed by atoms with E-state index in [1.54, 1.807) is 32.9 Å². The number of hydrogen-bond acceptors (Lipinski definition) is 7. The Labute approximate surface area is 180 Å². The molecule has 8 heteroatoms. The number of carboxylic acids is 1. The molecule has 0 spiro atoms. The third kappa shape index (κ3) is 12.3. The summed E-state index contributed by atoms with van der Waals surface area (Å²) in [5.74, 6) is -1.22. The second-order valence-electron chi connectivity index (χ2n) is 7.10. The van der Waals surface area contributed by atoms with Crippen molar-refractivity contribution in [2.24, 2.45) is 5.41 Å². The van der Waals surface area contributed by atoms with Crippen molar-refractivity contribution in [2.75, 3.05) is 12.3 Å². The smallest absolute Gasteiger partial charge is 0.332 e. The zero-order valence-corrected chi connectivity index (χ0v) is 19.3. The molecule has 0 amide bonds. The van der Waals surface area contributed by atoms with Crippen LogP contribution < -0.4 is 5.73 Å². The van der Waals surface area contributed by atoms with Crippen molar-refractivity contribution in [3.05, 3.63) is 23.8 Å². The van der Waals surface area contributed by atoms with Crippen molar-refractivity contribution < 1.29 is 34.4 Å². The molecular formula is C22H39NO7.